The summed E-state index contributed by atoms with van der Waals surface area (Å²) in [5, 5.41) is 3.00. The fraction of sp³-hybridized carbons (Fsp3) is 0.562. The molecule has 1 unspecified atom stereocenters. The van der Waals surface area contributed by atoms with E-state index in [9.17, 15) is 4.79 Å². The van der Waals surface area contributed by atoms with Crippen LogP contribution in [0.2, 0.25) is 0 Å². The number of likely N-dealkylation sites (N-methyl/N-ethyl adjacent to an activating group) is 1. The zero-order chi connectivity index (χ0) is 14.5. The van der Waals surface area contributed by atoms with E-state index in [-0.39, 0.29) is 12.1 Å². The van der Waals surface area contributed by atoms with Crippen LogP contribution in [0.3, 0.4) is 0 Å². The van der Waals surface area contributed by atoms with Crippen molar-refractivity contribution < 1.29 is 9.53 Å². The van der Waals surface area contributed by atoms with Crippen molar-refractivity contribution in [3.63, 3.8) is 0 Å². The molecule has 1 aliphatic rings. The minimum atomic E-state index is -0.0754. The molecule has 1 fully saturated rings. The number of nitrogens with zero attached hydrogens (tertiary/aromatic N) is 1. The van der Waals surface area contributed by atoms with Crippen LogP contribution in [0.25, 0.3) is 0 Å². The first-order valence-electron chi connectivity index (χ1n) is 7.30. The van der Waals surface area contributed by atoms with E-state index in [1.807, 2.05) is 25.2 Å². The Morgan fingerprint density at radius 3 is 2.85 bits per heavy atom. The number of nitrogens with one attached hydrogen (secondary N) is 1. The molecule has 1 aromatic carbocycles. The second-order valence-electron chi connectivity index (χ2n) is 5.69. The van der Waals surface area contributed by atoms with Crippen molar-refractivity contribution in [1.29, 1.82) is 0 Å². The van der Waals surface area contributed by atoms with Crippen molar-refractivity contribution in [3.05, 3.63) is 29.8 Å². The van der Waals surface area contributed by atoms with Crippen LogP contribution in [0.5, 0.6) is 0 Å². The summed E-state index contributed by atoms with van der Waals surface area (Å²) in [7, 11) is 1.81. The number of amides is 2. The highest BCUT2D eigenvalue weighted by Crippen LogP contribution is 2.24. The molecule has 0 aromatic heterocycles. The van der Waals surface area contributed by atoms with E-state index in [2.05, 4.69) is 25.2 Å². The summed E-state index contributed by atoms with van der Waals surface area (Å²) in [6, 6.07) is 7.88. The van der Waals surface area contributed by atoms with Crippen LogP contribution in [0.1, 0.15) is 38.2 Å². The highest BCUT2D eigenvalue weighted by molar-refractivity contribution is 5.90. The quantitative estimate of drug-likeness (QED) is 0.915. The molecule has 0 saturated carbocycles. The predicted molar refractivity (Wildman–Crippen MR) is 81.2 cm³/mol. The molecule has 110 valence electrons. The van der Waals surface area contributed by atoms with Gasteiger partial charge in [-0.25, -0.2) is 4.79 Å². The van der Waals surface area contributed by atoms with Gasteiger partial charge in [-0.3, -0.25) is 0 Å². The molecule has 0 bridgehead atoms. The molecule has 1 atom stereocenters. The average molecular weight is 276 g/mol. The van der Waals surface area contributed by atoms with Crippen molar-refractivity contribution in [2.75, 3.05) is 25.5 Å². The van der Waals surface area contributed by atoms with E-state index < -0.39 is 0 Å². The van der Waals surface area contributed by atoms with E-state index in [0.717, 1.165) is 30.7 Å². The monoisotopic (exact) mass is 276 g/mol. The molecular formula is C16H24N2O2. The normalized spacial score (nSPS) is 18.3. The molecule has 0 radical (unpaired) electrons. The molecule has 1 saturated heterocycles. The van der Waals surface area contributed by atoms with E-state index in [1.165, 1.54) is 0 Å². The largest absolute Gasteiger partial charge is 0.376 e. The average Bonchev–Trinajstić information content (AvgIpc) is 2.91. The van der Waals surface area contributed by atoms with Gasteiger partial charge in [-0.1, -0.05) is 32.0 Å². The summed E-state index contributed by atoms with van der Waals surface area (Å²) >= 11 is 0. The summed E-state index contributed by atoms with van der Waals surface area (Å²) in [5.41, 5.74) is 2.05. The molecular weight excluding hydrogens is 252 g/mol. The number of para-hydroxylation sites is 1. The van der Waals surface area contributed by atoms with Crippen LogP contribution < -0.4 is 5.32 Å². The number of carbonyl (C=O) groups excluding carboxylic acids is 1. The van der Waals surface area contributed by atoms with Crippen LogP contribution in [0.4, 0.5) is 10.5 Å². The Morgan fingerprint density at radius 2 is 2.20 bits per heavy atom. The molecule has 0 aliphatic carbocycles. The summed E-state index contributed by atoms with van der Waals surface area (Å²) in [5.74, 6) is 0.384. The predicted octanol–water partition coefficient (Wildman–Crippen LogP) is 3.45. The summed E-state index contributed by atoms with van der Waals surface area (Å²) < 4.78 is 5.56. The van der Waals surface area contributed by atoms with Crippen LogP contribution >= 0.6 is 0 Å². The van der Waals surface area contributed by atoms with Gasteiger partial charge in [-0.15, -0.1) is 0 Å². The summed E-state index contributed by atoms with van der Waals surface area (Å²) in [4.78, 5) is 13.9. The third-order valence-electron chi connectivity index (χ3n) is 3.67. The number of hydrogen-bond donors (Lipinski definition) is 1. The van der Waals surface area contributed by atoms with Crippen LogP contribution in [0, 0.1) is 0 Å². The molecule has 1 heterocycles. The van der Waals surface area contributed by atoms with Gasteiger partial charge in [0, 0.05) is 25.9 Å². The number of hydrogen-bond acceptors (Lipinski definition) is 2. The maximum atomic E-state index is 12.2. The van der Waals surface area contributed by atoms with Gasteiger partial charge in [-0.05, 0) is 30.4 Å². The number of ether oxygens (including phenoxy) is 1. The van der Waals surface area contributed by atoms with E-state index in [1.54, 1.807) is 4.90 Å². The smallest absolute Gasteiger partial charge is 0.321 e. The maximum absolute atomic E-state index is 12.2. The van der Waals surface area contributed by atoms with Crippen molar-refractivity contribution in [1.82, 2.24) is 4.90 Å². The Balaban J connectivity index is 1.96. The lowest BCUT2D eigenvalue weighted by Crippen LogP contribution is -2.37. The standard InChI is InChI=1S/C16H24N2O2/c1-12(2)14-8-4-5-9-15(14)17-16(19)18(3)11-13-7-6-10-20-13/h4-5,8-9,12-13H,6-7,10-11H2,1-3H3,(H,17,19). The van der Waals surface area contributed by atoms with Crippen molar-refractivity contribution in [2.24, 2.45) is 0 Å². The van der Waals surface area contributed by atoms with Gasteiger partial charge in [0.05, 0.1) is 6.10 Å². The van der Waals surface area contributed by atoms with Gasteiger partial charge in [0.15, 0.2) is 0 Å². The number of benzene rings is 1. The van der Waals surface area contributed by atoms with Gasteiger partial charge in [0.2, 0.25) is 0 Å². The number of anilines is 1. The Labute approximate surface area is 121 Å². The molecule has 4 heteroatoms. The second kappa shape index (κ2) is 6.75. The summed E-state index contributed by atoms with van der Waals surface area (Å²) in [6.07, 6.45) is 2.32. The van der Waals surface area contributed by atoms with Gasteiger partial charge < -0.3 is 15.0 Å². The molecule has 20 heavy (non-hydrogen) atoms. The highest BCUT2D eigenvalue weighted by atomic mass is 16.5. The Kier molecular flexibility index (Phi) is 5.01. The molecule has 2 rings (SSSR count). The Bertz CT molecular complexity index is 454. The topological polar surface area (TPSA) is 41.6 Å². The number of urea groups is 1. The number of carbonyl (C=O) groups is 1. The Hall–Kier alpha value is -1.55. The third kappa shape index (κ3) is 3.73. The molecule has 1 aromatic rings. The van der Waals surface area contributed by atoms with Crippen molar-refractivity contribution in [2.45, 2.75) is 38.7 Å². The SMILES string of the molecule is CC(C)c1ccccc1NC(=O)N(C)CC1CCCO1. The first-order valence-corrected chi connectivity index (χ1v) is 7.30. The molecule has 1 N–H and O–H groups in total. The minimum absolute atomic E-state index is 0.0754. The lowest BCUT2D eigenvalue weighted by molar-refractivity contribution is 0.0894. The van der Waals surface area contributed by atoms with E-state index in [0.29, 0.717) is 12.5 Å². The minimum Gasteiger partial charge on any atom is -0.376 e. The first kappa shape index (κ1) is 14.9. The first-order chi connectivity index (χ1) is 9.58. The fourth-order valence-electron chi connectivity index (χ4n) is 2.50. The zero-order valence-corrected chi connectivity index (χ0v) is 12.6. The van der Waals surface area contributed by atoms with Crippen LogP contribution in [-0.4, -0.2) is 37.2 Å². The van der Waals surface area contributed by atoms with Gasteiger partial charge in [0.1, 0.15) is 0 Å². The molecule has 4 nitrogen and oxygen atoms in total. The third-order valence-corrected chi connectivity index (χ3v) is 3.67. The van der Waals surface area contributed by atoms with Crippen LogP contribution in [0.15, 0.2) is 24.3 Å². The molecule has 0 spiro atoms. The summed E-state index contributed by atoms with van der Waals surface area (Å²) in [6.45, 7) is 5.72. The molecule has 1 aliphatic heterocycles. The molecule has 2 amide bonds. The van der Waals surface area contributed by atoms with Gasteiger partial charge >= 0.3 is 6.03 Å². The zero-order valence-electron chi connectivity index (χ0n) is 12.6. The lowest BCUT2D eigenvalue weighted by atomic mass is 10.0. The highest BCUT2D eigenvalue weighted by Gasteiger charge is 2.20. The van der Waals surface area contributed by atoms with Gasteiger partial charge in [-0.2, -0.15) is 0 Å². The Morgan fingerprint density at radius 1 is 1.45 bits per heavy atom. The fourth-order valence-corrected chi connectivity index (χ4v) is 2.50. The van der Waals surface area contributed by atoms with E-state index >= 15 is 0 Å². The van der Waals surface area contributed by atoms with Crippen molar-refractivity contribution >= 4 is 11.7 Å². The van der Waals surface area contributed by atoms with Gasteiger partial charge in [0.25, 0.3) is 0 Å². The number of rotatable bonds is 4. The van der Waals surface area contributed by atoms with Crippen molar-refractivity contribution in [3.8, 4) is 0 Å². The lowest BCUT2D eigenvalue weighted by Gasteiger charge is -2.22. The maximum Gasteiger partial charge on any atom is 0.321 e. The second-order valence-corrected chi connectivity index (χ2v) is 5.69. The van der Waals surface area contributed by atoms with Crippen LogP contribution in [-0.2, 0) is 4.74 Å². The van der Waals surface area contributed by atoms with E-state index in [4.69, 9.17) is 4.74 Å².